The van der Waals surface area contributed by atoms with Crippen LogP contribution in [0.25, 0.3) is 0 Å². The molecule has 1 aromatic heterocycles. The number of rotatable bonds is 6. The molecule has 0 N–H and O–H groups in total. The van der Waals surface area contributed by atoms with Crippen molar-refractivity contribution in [1.29, 1.82) is 0 Å². The predicted octanol–water partition coefficient (Wildman–Crippen LogP) is 6.79. The van der Waals surface area contributed by atoms with Crippen molar-refractivity contribution in [2.24, 2.45) is 0 Å². The molecule has 16 heteroatoms. The van der Waals surface area contributed by atoms with Crippen LogP contribution in [0, 0.1) is 0 Å². The molecular weight excluding hydrogens is 628 g/mol. The first-order valence-electron chi connectivity index (χ1n) is 14.9. The average Bonchev–Trinajstić information content (AvgIpc) is 3.03. The minimum Gasteiger partial charge on any atom is -0.443 e. The van der Waals surface area contributed by atoms with Crippen molar-refractivity contribution in [2.75, 3.05) is 11.5 Å². The Morgan fingerprint density at radius 1 is 0.913 bits per heavy atom. The standard InChI is InChI=1S/C30H49F2N3O10Si/c1-26(2,3)43-23(37)35(24(38)44-27(4,5)6)19-15-16-34(22(36)33-19)21-30(31,32)20(42-25(39)45-28(7,8)9)18(41-21)17-40-46(13,14)29(10,11)12/h15-16,18,20-21H,17H2,1-14H3/t18-,20+,21?/m1/s1. The van der Waals surface area contributed by atoms with Gasteiger partial charge in [-0.25, -0.2) is 19.2 Å². The van der Waals surface area contributed by atoms with Crippen LogP contribution in [0.3, 0.4) is 0 Å². The summed E-state index contributed by atoms with van der Waals surface area (Å²) in [6.07, 6.45) is -8.91. The lowest BCUT2D eigenvalue weighted by Crippen LogP contribution is -2.48. The zero-order chi connectivity index (χ0) is 35.8. The summed E-state index contributed by atoms with van der Waals surface area (Å²) in [6.45, 7) is 23.3. The van der Waals surface area contributed by atoms with Gasteiger partial charge >= 0.3 is 30.0 Å². The summed E-state index contributed by atoms with van der Waals surface area (Å²) in [7, 11) is -2.49. The molecule has 0 bridgehead atoms. The molecule has 0 radical (unpaired) electrons. The Balaban J connectivity index is 2.55. The molecule has 46 heavy (non-hydrogen) atoms. The summed E-state index contributed by atoms with van der Waals surface area (Å²) in [5, 5.41) is -0.278. The zero-order valence-electron chi connectivity index (χ0n) is 29.3. The minimum absolute atomic E-state index is 0.278. The highest BCUT2D eigenvalue weighted by Gasteiger charge is 2.63. The van der Waals surface area contributed by atoms with Crippen LogP contribution >= 0.6 is 0 Å². The van der Waals surface area contributed by atoms with Crippen molar-refractivity contribution >= 4 is 32.5 Å². The molecule has 13 nitrogen and oxygen atoms in total. The highest BCUT2D eigenvalue weighted by Crippen LogP contribution is 2.45. The number of carbonyl (C=O) groups is 3. The van der Waals surface area contributed by atoms with E-state index in [-0.39, 0.29) is 11.6 Å². The van der Waals surface area contributed by atoms with Gasteiger partial charge in [0.1, 0.15) is 22.9 Å². The monoisotopic (exact) mass is 677 g/mol. The smallest absolute Gasteiger partial charge is 0.443 e. The van der Waals surface area contributed by atoms with Crippen LogP contribution in [0.15, 0.2) is 17.1 Å². The average molecular weight is 678 g/mol. The van der Waals surface area contributed by atoms with Gasteiger partial charge in [0.2, 0.25) is 12.3 Å². The maximum Gasteiger partial charge on any atom is 0.509 e. The molecule has 1 aromatic rings. The molecule has 1 aliphatic heterocycles. The Labute approximate surface area is 269 Å². The van der Waals surface area contributed by atoms with E-state index in [2.05, 4.69) is 4.98 Å². The van der Waals surface area contributed by atoms with Gasteiger partial charge in [-0.1, -0.05) is 20.8 Å². The summed E-state index contributed by atoms with van der Waals surface area (Å²) in [5.41, 5.74) is -4.43. The molecule has 0 aliphatic carbocycles. The van der Waals surface area contributed by atoms with Crippen molar-refractivity contribution in [3.8, 4) is 0 Å². The van der Waals surface area contributed by atoms with E-state index in [4.69, 9.17) is 28.1 Å². The number of amides is 2. The first kappa shape index (κ1) is 39.1. The number of hydrogen-bond acceptors (Lipinski definition) is 11. The number of hydrogen-bond donors (Lipinski definition) is 0. The van der Waals surface area contributed by atoms with E-state index in [1.807, 2.05) is 33.9 Å². The summed E-state index contributed by atoms with van der Waals surface area (Å²) in [6, 6.07) is 0.984. The van der Waals surface area contributed by atoms with E-state index in [9.17, 15) is 19.2 Å². The molecule has 1 fully saturated rings. The number of nitrogens with zero attached hydrogens (tertiary/aromatic N) is 3. The Morgan fingerprint density at radius 3 is 1.80 bits per heavy atom. The van der Waals surface area contributed by atoms with Crippen molar-refractivity contribution in [3.05, 3.63) is 22.7 Å². The van der Waals surface area contributed by atoms with Gasteiger partial charge < -0.3 is 28.1 Å². The fraction of sp³-hybridized carbons (Fsp3) is 0.767. The number of anilines is 1. The minimum atomic E-state index is -3.98. The third kappa shape index (κ3) is 10.2. The van der Waals surface area contributed by atoms with E-state index in [1.54, 1.807) is 62.3 Å². The van der Waals surface area contributed by atoms with E-state index in [0.29, 0.717) is 9.47 Å². The van der Waals surface area contributed by atoms with Crippen LogP contribution in [0.2, 0.25) is 18.1 Å². The van der Waals surface area contributed by atoms with E-state index in [0.717, 1.165) is 12.3 Å². The molecule has 1 unspecified atom stereocenters. The third-order valence-corrected chi connectivity index (χ3v) is 11.3. The molecule has 2 amide bonds. The predicted molar refractivity (Wildman–Crippen MR) is 167 cm³/mol. The second-order valence-corrected chi connectivity index (χ2v) is 20.4. The van der Waals surface area contributed by atoms with E-state index < -0.39 is 79.3 Å². The normalized spacial score (nSPS) is 20.6. The van der Waals surface area contributed by atoms with Crippen molar-refractivity contribution in [3.63, 3.8) is 0 Å². The van der Waals surface area contributed by atoms with Crippen LogP contribution in [-0.4, -0.2) is 77.8 Å². The molecule has 1 saturated heterocycles. The van der Waals surface area contributed by atoms with Crippen LogP contribution in [0.1, 0.15) is 89.3 Å². The highest BCUT2D eigenvalue weighted by molar-refractivity contribution is 6.74. The molecule has 0 saturated carbocycles. The number of carbonyl (C=O) groups excluding carboxylic acids is 3. The van der Waals surface area contributed by atoms with Gasteiger partial charge in [0.25, 0.3) is 0 Å². The van der Waals surface area contributed by atoms with Gasteiger partial charge in [-0.15, -0.1) is 0 Å². The molecule has 262 valence electrons. The lowest BCUT2D eigenvalue weighted by molar-refractivity contribution is -0.149. The van der Waals surface area contributed by atoms with Gasteiger partial charge in [0.05, 0.1) is 6.61 Å². The van der Waals surface area contributed by atoms with Gasteiger partial charge in [-0.05, 0) is 86.5 Å². The maximum absolute atomic E-state index is 16.1. The molecule has 0 spiro atoms. The van der Waals surface area contributed by atoms with Crippen molar-refractivity contribution < 1.29 is 51.3 Å². The largest absolute Gasteiger partial charge is 0.509 e. The van der Waals surface area contributed by atoms with Gasteiger partial charge in [0.15, 0.2) is 14.1 Å². The Kier molecular flexibility index (Phi) is 11.2. The number of ether oxygens (including phenoxy) is 5. The number of halogens is 2. The van der Waals surface area contributed by atoms with Crippen LogP contribution in [-0.2, 0) is 28.1 Å². The van der Waals surface area contributed by atoms with E-state index >= 15 is 8.78 Å². The molecule has 0 aromatic carbocycles. The van der Waals surface area contributed by atoms with Crippen LogP contribution in [0.4, 0.5) is 29.0 Å². The summed E-state index contributed by atoms with van der Waals surface area (Å²) in [5.74, 6) is -4.52. The molecule has 2 heterocycles. The zero-order valence-corrected chi connectivity index (χ0v) is 30.3. The third-order valence-electron chi connectivity index (χ3n) is 6.83. The molecule has 3 atom stereocenters. The first-order chi connectivity index (χ1) is 20.4. The van der Waals surface area contributed by atoms with E-state index in [1.165, 1.54) is 0 Å². The van der Waals surface area contributed by atoms with Crippen molar-refractivity contribution in [2.45, 2.75) is 142 Å². The SMILES string of the molecule is CC(C)(C)OC(=O)O[C@H]1[C@@H](CO[Si](C)(C)C(C)(C)C)OC(n2ccc(N(C(=O)OC(C)(C)C)C(=O)OC(C)(C)C)nc2=O)C1(F)F. The molecule has 2 rings (SSSR count). The summed E-state index contributed by atoms with van der Waals surface area (Å²) in [4.78, 5) is 55.9. The number of imide groups is 1. The summed E-state index contributed by atoms with van der Waals surface area (Å²) >= 11 is 0. The Hall–Kier alpha value is -3.11. The van der Waals surface area contributed by atoms with Crippen molar-refractivity contribution in [1.82, 2.24) is 9.55 Å². The van der Waals surface area contributed by atoms with Gasteiger partial charge in [0, 0.05) is 6.20 Å². The molecule has 1 aliphatic rings. The lowest BCUT2D eigenvalue weighted by Gasteiger charge is -2.37. The quantitative estimate of drug-likeness (QED) is 0.178. The van der Waals surface area contributed by atoms with Gasteiger partial charge in [-0.3, -0.25) is 4.57 Å². The first-order valence-corrected chi connectivity index (χ1v) is 17.8. The number of alkyl halides is 2. The van der Waals surface area contributed by atoms with Gasteiger partial charge in [-0.2, -0.15) is 18.7 Å². The fourth-order valence-corrected chi connectivity index (χ4v) is 4.73. The highest BCUT2D eigenvalue weighted by atomic mass is 28.4. The van der Waals surface area contributed by atoms with Crippen LogP contribution in [0.5, 0.6) is 0 Å². The maximum atomic E-state index is 16.1. The second kappa shape index (κ2) is 13.2. The Bertz CT molecular complexity index is 1310. The number of aromatic nitrogens is 2. The molecular formula is C30H49F2N3O10Si. The lowest BCUT2D eigenvalue weighted by atomic mass is 10.1. The topological polar surface area (TPSA) is 145 Å². The van der Waals surface area contributed by atoms with Crippen LogP contribution < -0.4 is 10.6 Å². The second-order valence-electron chi connectivity index (χ2n) is 15.5. The summed E-state index contributed by atoms with van der Waals surface area (Å²) < 4.78 is 65.2. The fourth-order valence-electron chi connectivity index (χ4n) is 3.72. The Morgan fingerprint density at radius 2 is 1.39 bits per heavy atom.